The molecule has 1 aliphatic rings. The van der Waals surface area contributed by atoms with Gasteiger partial charge in [0.15, 0.2) is 0 Å². The van der Waals surface area contributed by atoms with E-state index in [4.69, 9.17) is 0 Å². The highest BCUT2D eigenvalue weighted by Crippen LogP contribution is 2.39. The minimum atomic E-state index is -0.0933. The lowest BCUT2D eigenvalue weighted by atomic mass is 9.74. The summed E-state index contributed by atoms with van der Waals surface area (Å²) < 4.78 is 0. The molecule has 1 nitrogen and oxygen atoms in total. The molecule has 0 saturated carbocycles. The number of rotatable bonds is 3. The van der Waals surface area contributed by atoms with Crippen molar-refractivity contribution in [3.63, 3.8) is 0 Å². The molecular formula is C21H20O. The van der Waals surface area contributed by atoms with Crippen molar-refractivity contribution in [1.82, 2.24) is 0 Å². The zero-order valence-corrected chi connectivity index (χ0v) is 13.0. The molecule has 0 N–H and O–H groups in total. The lowest BCUT2D eigenvalue weighted by Crippen LogP contribution is -2.19. The summed E-state index contributed by atoms with van der Waals surface area (Å²) >= 11 is 0. The van der Waals surface area contributed by atoms with Crippen LogP contribution >= 0.6 is 0 Å². The molecule has 0 radical (unpaired) electrons. The summed E-state index contributed by atoms with van der Waals surface area (Å²) in [5.74, 6) is 0. The van der Waals surface area contributed by atoms with Crippen LogP contribution in [0, 0.1) is 5.41 Å². The van der Waals surface area contributed by atoms with Crippen LogP contribution in [-0.4, -0.2) is 6.29 Å². The maximum atomic E-state index is 11.1. The van der Waals surface area contributed by atoms with E-state index in [-0.39, 0.29) is 5.41 Å². The van der Waals surface area contributed by atoms with Crippen LogP contribution in [-0.2, 0) is 4.79 Å². The Morgan fingerprint density at radius 2 is 1.41 bits per heavy atom. The van der Waals surface area contributed by atoms with Crippen molar-refractivity contribution in [2.75, 3.05) is 0 Å². The summed E-state index contributed by atoms with van der Waals surface area (Å²) in [7, 11) is 0. The van der Waals surface area contributed by atoms with Gasteiger partial charge in [-0.15, -0.1) is 0 Å². The van der Waals surface area contributed by atoms with Crippen LogP contribution in [0.4, 0.5) is 0 Å². The minimum Gasteiger partial charge on any atom is -0.298 e. The molecule has 3 rings (SSSR count). The van der Waals surface area contributed by atoms with Crippen molar-refractivity contribution in [3.8, 4) is 11.1 Å². The maximum Gasteiger partial charge on any atom is 0.146 e. The molecule has 0 saturated heterocycles. The molecule has 0 aromatic heterocycles. The van der Waals surface area contributed by atoms with Gasteiger partial charge in [0.25, 0.3) is 0 Å². The van der Waals surface area contributed by atoms with E-state index in [0.717, 1.165) is 18.3 Å². The first kappa shape index (κ1) is 14.5. The molecular weight excluding hydrogens is 268 g/mol. The summed E-state index contributed by atoms with van der Waals surface area (Å²) in [6.07, 6.45) is 5.90. The first-order valence-electron chi connectivity index (χ1n) is 7.62. The summed E-state index contributed by atoms with van der Waals surface area (Å²) in [6.45, 7) is 4.25. The third-order valence-electron chi connectivity index (χ3n) is 4.37. The lowest BCUT2D eigenvalue weighted by molar-refractivity contribution is -0.105. The van der Waals surface area contributed by atoms with E-state index in [0.29, 0.717) is 0 Å². The third-order valence-corrected chi connectivity index (χ3v) is 4.37. The number of benzene rings is 2. The molecule has 1 heteroatoms. The van der Waals surface area contributed by atoms with Crippen LogP contribution in [0.3, 0.4) is 0 Å². The van der Waals surface area contributed by atoms with Crippen LogP contribution in [0.25, 0.3) is 16.7 Å². The molecule has 0 heterocycles. The number of hydrogen-bond donors (Lipinski definition) is 0. The zero-order valence-electron chi connectivity index (χ0n) is 13.0. The largest absolute Gasteiger partial charge is 0.298 e. The highest BCUT2D eigenvalue weighted by atomic mass is 16.1. The molecule has 0 amide bonds. The molecule has 0 aliphatic heterocycles. The fourth-order valence-corrected chi connectivity index (χ4v) is 2.96. The van der Waals surface area contributed by atoms with E-state index in [1.807, 2.05) is 12.1 Å². The van der Waals surface area contributed by atoms with E-state index in [1.54, 1.807) is 0 Å². The molecule has 22 heavy (non-hydrogen) atoms. The summed E-state index contributed by atoms with van der Waals surface area (Å²) in [5, 5.41) is 0. The molecule has 1 aliphatic carbocycles. The molecule has 0 bridgehead atoms. The number of aldehydes is 1. The number of carbonyl (C=O) groups is 1. The predicted molar refractivity (Wildman–Crippen MR) is 92.4 cm³/mol. The Bertz CT molecular complexity index is 731. The third kappa shape index (κ3) is 2.80. The second-order valence-electron chi connectivity index (χ2n) is 6.44. The highest BCUT2D eigenvalue weighted by molar-refractivity contribution is 5.81. The molecule has 2 aromatic carbocycles. The van der Waals surface area contributed by atoms with Gasteiger partial charge in [0.05, 0.1) is 0 Å². The van der Waals surface area contributed by atoms with Gasteiger partial charge in [-0.3, -0.25) is 4.79 Å². The Morgan fingerprint density at radius 3 is 2.00 bits per heavy atom. The van der Waals surface area contributed by atoms with Crippen molar-refractivity contribution >= 4 is 11.9 Å². The average molecular weight is 288 g/mol. The van der Waals surface area contributed by atoms with Crippen LogP contribution in [0.2, 0.25) is 0 Å². The van der Waals surface area contributed by atoms with Gasteiger partial charge >= 0.3 is 0 Å². The van der Waals surface area contributed by atoms with Gasteiger partial charge in [-0.1, -0.05) is 80.6 Å². The summed E-state index contributed by atoms with van der Waals surface area (Å²) in [5.41, 5.74) is 5.75. The van der Waals surface area contributed by atoms with Gasteiger partial charge < -0.3 is 0 Å². The van der Waals surface area contributed by atoms with Gasteiger partial charge in [-0.05, 0) is 39.7 Å². The molecule has 0 atom stereocenters. The molecule has 110 valence electrons. The van der Waals surface area contributed by atoms with Gasteiger partial charge in [0.1, 0.15) is 6.29 Å². The van der Waals surface area contributed by atoms with Crippen LogP contribution in [0.1, 0.15) is 25.8 Å². The second-order valence-corrected chi connectivity index (χ2v) is 6.44. The van der Waals surface area contributed by atoms with E-state index in [2.05, 4.69) is 68.5 Å². The zero-order chi connectivity index (χ0) is 15.6. The summed E-state index contributed by atoms with van der Waals surface area (Å²) in [4.78, 5) is 11.1. The monoisotopic (exact) mass is 288 g/mol. The fourth-order valence-electron chi connectivity index (χ4n) is 2.96. The quantitative estimate of drug-likeness (QED) is 0.701. The summed E-state index contributed by atoms with van der Waals surface area (Å²) in [6, 6.07) is 19.1. The standard InChI is InChI=1S/C21H20O/c1-21(2)14-19(12-13-20(21)15-22)18-10-8-17(9-11-18)16-6-4-3-5-7-16/h3-13,15H,14H2,1-2H3. The Balaban J connectivity index is 1.90. The van der Waals surface area contributed by atoms with Crippen molar-refractivity contribution in [2.45, 2.75) is 20.3 Å². The normalized spacial score (nSPS) is 16.6. The van der Waals surface area contributed by atoms with Gasteiger partial charge in [-0.25, -0.2) is 0 Å². The van der Waals surface area contributed by atoms with Gasteiger partial charge in [0.2, 0.25) is 0 Å². The Morgan fingerprint density at radius 1 is 0.818 bits per heavy atom. The average Bonchev–Trinajstić information content (AvgIpc) is 2.55. The van der Waals surface area contributed by atoms with Gasteiger partial charge in [-0.2, -0.15) is 0 Å². The molecule has 2 aromatic rings. The van der Waals surface area contributed by atoms with Crippen molar-refractivity contribution in [3.05, 3.63) is 77.9 Å². The molecule has 0 fully saturated rings. The molecule has 0 spiro atoms. The predicted octanol–water partition coefficient (Wildman–Crippen LogP) is 5.29. The SMILES string of the molecule is CC1(C)CC(c2ccc(-c3ccccc3)cc2)=CC=C1C=O. The smallest absolute Gasteiger partial charge is 0.146 e. The van der Waals surface area contributed by atoms with Crippen LogP contribution in [0.15, 0.2) is 72.3 Å². The van der Waals surface area contributed by atoms with E-state index >= 15 is 0 Å². The van der Waals surface area contributed by atoms with Crippen LogP contribution in [0.5, 0.6) is 0 Å². The van der Waals surface area contributed by atoms with E-state index < -0.39 is 0 Å². The van der Waals surface area contributed by atoms with Gasteiger partial charge in [0, 0.05) is 0 Å². The minimum absolute atomic E-state index is 0.0933. The first-order chi connectivity index (χ1) is 10.6. The Hall–Kier alpha value is -2.41. The number of hydrogen-bond acceptors (Lipinski definition) is 1. The lowest BCUT2D eigenvalue weighted by Gasteiger charge is -2.29. The first-order valence-corrected chi connectivity index (χ1v) is 7.62. The topological polar surface area (TPSA) is 17.1 Å². The van der Waals surface area contributed by atoms with E-state index in [9.17, 15) is 4.79 Å². The molecule has 0 unspecified atom stereocenters. The fraction of sp³-hybridized carbons (Fsp3) is 0.190. The Kier molecular flexibility index (Phi) is 3.81. The van der Waals surface area contributed by atoms with Crippen molar-refractivity contribution < 1.29 is 4.79 Å². The number of carbonyl (C=O) groups excluding carboxylic acids is 1. The van der Waals surface area contributed by atoms with Crippen molar-refractivity contribution in [1.29, 1.82) is 0 Å². The number of allylic oxidation sites excluding steroid dienone is 4. The Labute approximate surface area is 132 Å². The van der Waals surface area contributed by atoms with Crippen LogP contribution < -0.4 is 0 Å². The van der Waals surface area contributed by atoms with Crippen molar-refractivity contribution in [2.24, 2.45) is 5.41 Å². The van der Waals surface area contributed by atoms with E-state index in [1.165, 1.54) is 22.3 Å². The maximum absolute atomic E-state index is 11.1. The second kappa shape index (κ2) is 5.76. The highest BCUT2D eigenvalue weighted by Gasteiger charge is 2.27.